The van der Waals surface area contributed by atoms with Gasteiger partial charge in [-0.1, -0.05) is 6.08 Å². The van der Waals surface area contributed by atoms with E-state index in [-0.39, 0.29) is 6.29 Å². The summed E-state index contributed by atoms with van der Waals surface area (Å²) < 4.78 is 10.5. The van der Waals surface area contributed by atoms with Gasteiger partial charge in [-0.05, 0) is 19.8 Å². The van der Waals surface area contributed by atoms with Gasteiger partial charge in [0.05, 0.1) is 12.9 Å². The maximum absolute atomic E-state index is 5.31. The van der Waals surface area contributed by atoms with Crippen molar-refractivity contribution in [2.24, 2.45) is 0 Å². The molecule has 1 fully saturated rings. The Morgan fingerprint density at radius 3 is 3.00 bits per heavy atom. The van der Waals surface area contributed by atoms with E-state index in [2.05, 4.69) is 0 Å². The zero-order valence-corrected chi connectivity index (χ0v) is 6.38. The second-order valence-corrected chi connectivity index (χ2v) is 2.40. The van der Waals surface area contributed by atoms with Gasteiger partial charge in [-0.2, -0.15) is 0 Å². The number of hydrogen-bond acceptors (Lipinski definition) is 2. The summed E-state index contributed by atoms with van der Waals surface area (Å²) in [6, 6.07) is 0. The fraction of sp³-hybridized carbons (Fsp3) is 0.750. The molecule has 0 spiro atoms. The first-order valence-electron chi connectivity index (χ1n) is 3.81. The van der Waals surface area contributed by atoms with E-state index >= 15 is 0 Å². The fourth-order valence-corrected chi connectivity index (χ4v) is 0.985. The molecule has 1 saturated heterocycles. The van der Waals surface area contributed by atoms with Crippen molar-refractivity contribution in [2.45, 2.75) is 32.5 Å². The van der Waals surface area contributed by atoms with Crippen LogP contribution in [0.4, 0.5) is 0 Å². The standard InChI is InChI=1S/C8H14O2/c1-2-6-9-8-5-3-4-7-10-8/h2,6,8H,3-5,7H2,1H3/b6-2-. The molecule has 1 rings (SSSR count). The number of hydrogen-bond donors (Lipinski definition) is 0. The third-order valence-electron chi connectivity index (χ3n) is 1.50. The van der Waals surface area contributed by atoms with Gasteiger partial charge in [0.2, 0.25) is 0 Å². The van der Waals surface area contributed by atoms with E-state index in [9.17, 15) is 0 Å². The van der Waals surface area contributed by atoms with Crippen molar-refractivity contribution in [3.05, 3.63) is 12.3 Å². The molecular weight excluding hydrogens is 128 g/mol. The molecule has 0 N–H and O–H groups in total. The lowest BCUT2D eigenvalue weighted by atomic mass is 10.2. The Bertz CT molecular complexity index is 104. The number of allylic oxidation sites excluding steroid dienone is 1. The summed E-state index contributed by atoms with van der Waals surface area (Å²) in [6.45, 7) is 2.78. The molecule has 0 saturated carbocycles. The van der Waals surface area contributed by atoms with Crippen molar-refractivity contribution >= 4 is 0 Å². The predicted molar refractivity (Wildman–Crippen MR) is 39.5 cm³/mol. The Morgan fingerprint density at radius 1 is 1.50 bits per heavy atom. The van der Waals surface area contributed by atoms with Crippen molar-refractivity contribution in [1.82, 2.24) is 0 Å². The average molecular weight is 142 g/mol. The zero-order chi connectivity index (χ0) is 7.23. The fourth-order valence-electron chi connectivity index (χ4n) is 0.985. The van der Waals surface area contributed by atoms with Crippen molar-refractivity contribution in [1.29, 1.82) is 0 Å². The maximum atomic E-state index is 5.31. The van der Waals surface area contributed by atoms with Crippen LogP contribution in [0.3, 0.4) is 0 Å². The topological polar surface area (TPSA) is 18.5 Å². The third-order valence-corrected chi connectivity index (χ3v) is 1.50. The summed E-state index contributed by atoms with van der Waals surface area (Å²) in [5.41, 5.74) is 0. The van der Waals surface area contributed by atoms with Gasteiger partial charge in [0.15, 0.2) is 6.29 Å². The minimum Gasteiger partial charge on any atom is -0.473 e. The SMILES string of the molecule is C/C=C\OC1CCCCO1. The van der Waals surface area contributed by atoms with E-state index in [4.69, 9.17) is 9.47 Å². The first kappa shape index (κ1) is 7.61. The average Bonchev–Trinajstić information content (AvgIpc) is 2.03. The predicted octanol–water partition coefficient (Wildman–Crippen LogP) is 2.06. The summed E-state index contributed by atoms with van der Waals surface area (Å²) in [6.07, 6.45) is 7.01. The molecule has 0 bridgehead atoms. The Kier molecular flexibility index (Phi) is 3.30. The van der Waals surface area contributed by atoms with Gasteiger partial charge in [-0.15, -0.1) is 0 Å². The molecule has 0 aromatic rings. The van der Waals surface area contributed by atoms with Gasteiger partial charge in [0, 0.05) is 6.42 Å². The molecule has 0 aromatic heterocycles. The first-order valence-corrected chi connectivity index (χ1v) is 3.81. The van der Waals surface area contributed by atoms with Gasteiger partial charge in [-0.25, -0.2) is 0 Å². The summed E-state index contributed by atoms with van der Waals surface area (Å²) in [5, 5.41) is 0. The molecule has 0 aliphatic carbocycles. The minimum absolute atomic E-state index is 0.0185. The Hall–Kier alpha value is -0.500. The van der Waals surface area contributed by atoms with Crippen molar-refractivity contribution in [3.63, 3.8) is 0 Å². The lowest BCUT2D eigenvalue weighted by Gasteiger charge is -2.21. The van der Waals surface area contributed by atoms with Crippen LogP contribution in [-0.2, 0) is 9.47 Å². The smallest absolute Gasteiger partial charge is 0.198 e. The summed E-state index contributed by atoms with van der Waals surface area (Å²) in [5.74, 6) is 0. The molecule has 1 aliphatic rings. The maximum Gasteiger partial charge on any atom is 0.198 e. The molecule has 0 radical (unpaired) electrons. The second-order valence-electron chi connectivity index (χ2n) is 2.40. The number of ether oxygens (including phenoxy) is 2. The van der Waals surface area contributed by atoms with Crippen LogP contribution < -0.4 is 0 Å². The Morgan fingerprint density at radius 2 is 2.40 bits per heavy atom. The Labute approximate surface area is 61.8 Å². The highest BCUT2D eigenvalue weighted by Gasteiger charge is 2.12. The number of rotatable bonds is 2. The molecule has 1 heterocycles. The molecule has 58 valence electrons. The normalized spacial score (nSPS) is 27.1. The molecule has 10 heavy (non-hydrogen) atoms. The van der Waals surface area contributed by atoms with Gasteiger partial charge in [0.25, 0.3) is 0 Å². The monoisotopic (exact) mass is 142 g/mol. The zero-order valence-electron chi connectivity index (χ0n) is 6.38. The Balaban J connectivity index is 2.13. The molecule has 0 aromatic carbocycles. The highest BCUT2D eigenvalue weighted by molar-refractivity contribution is 4.67. The van der Waals surface area contributed by atoms with Crippen LogP contribution in [0.1, 0.15) is 26.2 Å². The molecule has 1 unspecified atom stereocenters. The van der Waals surface area contributed by atoms with E-state index in [0.29, 0.717) is 0 Å². The van der Waals surface area contributed by atoms with Gasteiger partial charge in [-0.3, -0.25) is 0 Å². The quantitative estimate of drug-likeness (QED) is 0.549. The van der Waals surface area contributed by atoms with Crippen molar-refractivity contribution in [2.75, 3.05) is 6.61 Å². The van der Waals surface area contributed by atoms with Crippen LogP contribution in [0.25, 0.3) is 0 Å². The summed E-state index contributed by atoms with van der Waals surface area (Å²) in [4.78, 5) is 0. The minimum atomic E-state index is 0.0185. The van der Waals surface area contributed by atoms with E-state index < -0.39 is 0 Å². The lowest BCUT2D eigenvalue weighted by molar-refractivity contribution is -0.129. The first-order chi connectivity index (χ1) is 4.93. The second kappa shape index (κ2) is 4.34. The highest BCUT2D eigenvalue weighted by Crippen LogP contribution is 2.13. The van der Waals surface area contributed by atoms with Crippen LogP contribution >= 0.6 is 0 Å². The summed E-state index contributed by atoms with van der Waals surface area (Å²) in [7, 11) is 0. The highest BCUT2D eigenvalue weighted by atomic mass is 16.7. The van der Waals surface area contributed by atoms with Crippen molar-refractivity contribution in [3.8, 4) is 0 Å². The van der Waals surface area contributed by atoms with Gasteiger partial charge >= 0.3 is 0 Å². The largest absolute Gasteiger partial charge is 0.473 e. The van der Waals surface area contributed by atoms with Crippen molar-refractivity contribution < 1.29 is 9.47 Å². The van der Waals surface area contributed by atoms with Gasteiger partial charge in [0.1, 0.15) is 0 Å². The van der Waals surface area contributed by atoms with Crippen LogP contribution in [0.15, 0.2) is 12.3 Å². The van der Waals surface area contributed by atoms with E-state index in [1.165, 1.54) is 12.8 Å². The van der Waals surface area contributed by atoms with Crippen LogP contribution in [0.5, 0.6) is 0 Å². The van der Waals surface area contributed by atoms with Crippen LogP contribution in [-0.4, -0.2) is 12.9 Å². The molecule has 2 heteroatoms. The van der Waals surface area contributed by atoms with Crippen LogP contribution in [0, 0.1) is 0 Å². The molecular formula is C8H14O2. The molecule has 0 amide bonds. The molecule has 1 aliphatic heterocycles. The van der Waals surface area contributed by atoms with E-state index in [1.807, 2.05) is 13.0 Å². The molecule has 1 atom stereocenters. The molecule has 2 nitrogen and oxygen atoms in total. The van der Waals surface area contributed by atoms with Crippen LogP contribution in [0.2, 0.25) is 0 Å². The van der Waals surface area contributed by atoms with Gasteiger partial charge < -0.3 is 9.47 Å². The third kappa shape index (κ3) is 2.40. The van der Waals surface area contributed by atoms with E-state index in [1.54, 1.807) is 6.26 Å². The van der Waals surface area contributed by atoms with E-state index in [0.717, 1.165) is 13.0 Å². The lowest BCUT2D eigenvalue weighted by Crippen LogP contribution is -2.19. The summed E-state index contributed by atoms with van der Waals surface area (Å²) >= 11 is 0.